The van der Waals surface area contributed by atoms with Crippen molar-refractivity contribution in [3.05, 3.63) is 45.3 Å². The van der Waals surface area contributed by atoms with Gasteiger partial charge in [-0.2, -0.15) is 0 Å². The van der Waals surface area contributed by atoms with E-state index in [1.54, 1.807) is 17.4 Å². The number of thiophene rings is 1. The van der Waals surface area contributed by atoms with Crippen molar-refractivity contribution in [3.63, 3.8) is 0 Å². The van der Waals surface area contributed by atoms with Crippen molar-refractivity contribution in [1.82, 2.24) is 5.32 Å². The second-order valence-corrected chi connectivity index (χ2v) is 6.46. The molecule has 0 saturated heterocycles. The van der Waals surface area contributed by atoms with E-state index in [1.165, 1.54) is 9.75 Å². The summed E-state index contributed by atoms with van der Waals surface area (Å²) in [5.41, 5.74) is 1.05. The summed E-state index contributed by atoms with van der Waals surface area (Å²) < 4.78 is 0. The largest absolute Gasteiger partial charge is 0.309 e. The zero-order chi connectivity index (χ0) is 13.8. The number of benzene rings is 1. The van der Waals surface area contributed by atoms with E-state index in [0.29, 0.717) is 16.1 Å². The fourth-order valence-corrected chi connectivity index (χ4v) is 3.52. The van der Waals surface area contributed by atoms with Gasteiger partial charge in [-0.3, -0.25) is 0 Å². The lowest BCUT2D eigenvalue weighted by molar-refractivity contribution is 0.578. The van der Waals surface area contributed by atoms with Gasteiger partial charge in [-0.05, 0) is 44.2 Å². The van der Waals surface area contributed by atoms with Crippen molar-refractivity contribution in [1.29, 1.82) is 0 Å². The Morgan fingerprint density at radius 1 is 1.21 bits per heavy atom. The molecule has 1 N–H and O–H groups in total. The lowest BCUT2D eigenvalue weighted by Gasteiger charge is -2.10. The molecular formula is C15H17Cl2NS. The van der Waals surface area contributed by atoms with Gasteiger partial charge in [-0.15, -0.1) is 11.3 Å². The van der Waals surface area contributed by atoms with Crippen LogP contribution < -0.4 is 5.32 Å². The van der Waals surface area contributed by atoms with Crippen LogP contribution in [0.4, 0.5) is 0 Å². The second-order valence-electron chi connectivity index (χ2n) is 4.50. The summed E-state index contributed by atoms with van der Waals surface area (Å²) >= 11 is 13.9. The van der Waals surface area contributed by atoms with Crippen molar-refractivity contribution in [2.24, 2.45) is 0 Å². The Labute approximate surface area is 128 Å². The number of hydrogen-bond donors (Lipinski definition) is 1. The Hall–Kier alpha value is -0.540. The summed E-state index contributed by atoms with van der Waals surface area (Å²) in [6.45, 7) is 5.40. The van der Waals surface area contributed by atoms with Gasteiger partial charge < -0.3 is 5.32 Å². The first-order valence-corrected chi connectivity index (χ1v) is 7.97. The van der Waals surface area contributed by atoms with Crippen LogP contribution in [0.25, 0.3) is 10.4 Å². The molecule has 102 valence electrons. The van der Waals surface area contributed by atoms with E-state index in [0.717, 1.165) is 18.5 Å². The van der Waals surface area contributed by atoms with Gasteiger partial charge >= 0.3 is 0 Å². The molecule has 0 saturated carbocycles. The number of hydrogen-bond acceptors (Lipinski definition) is 2. The first-order chi connectivity index (χ1) is 9.11. The van der Waals surface area contributed by atoms with Crippen molar-refractivity contribution in [3.8, 4) is 10.4 Å². The summed E-state index contributed by atoms with van der Waals surface area (Å²) in [6.07, 6.45) is 1.14. The Morgan fingerprint density at radius 2 is 2.00 bits per heavy atom. The summed E-state index contributed by atoms with van der Waals surface area (Å²) in [7, 11) is 0. The normalized spacial score (nSPS) is 12.6. The quantitative estimate of drug-likeness (QED) is 0.737. The van der Waals surface area contributed by atoms with Crippen LogP contribution >= 0.6 is 34.5 Å². The van der Waals surface area contributed by atoms with Crippen molar-refractivity contribution in [2.45, 2.75) is 26.3 Å². The summed E-state index contributed by atoms with van der Waals surface area (Å²) in [5, 5.41) is 4.87. The molecule has 0 aliphatic rings. The minimum absolute atomic E-state index is 0.379. The number of rotatable bonds is 5. The van der Waals surface area contributed by atoms with Crippen LogP contribution in [0.2, 0.25) is 10.0 Å². The molecule has 1 atom stereocenters. The van der Waals surface area contributed by atoms with Crippen molar-refractivity contribution >= 4 is 34.5 Å². The highest BCUT2D eigenvalue weighted by Gasteiger charge is 2.11. The molecule has 0 amide bonds. The number of halogens is 2. The van der Waals surface area contributed by atoms with Crippen LogP contribution in [-0.2, 0) is 0 Å². The average Bonchev–Trinajstić information content (AvgIpc) is 2.85. The summed E-state index contributed by atoms with van der Waals surface area (Å²) in [6, 6.07) is 10.3. The van der Waals surface area contributed by atoms with E-state index in [9.17, 15) is 0 Å². The fourth-order valence-electron chi connectivity index (χ4n) is 1.88. The van der Waals surface area contributed by atoms with Gasteiger partial charge in [0.2, 0.25) is 0 Å². The monoisotopic (exact) mass is 313 g/mol. The molecule has 0 radical (unpaired) electrons. The van der Waals surface area contributed by atoms with Crippen LogP contribution in [-0.4, -0.2) is 6.54 Å². The standard InChI is InChI=1S/C15H17Cl2NS/c1-3-8-18-10(2)14-6-7-15(19-14)12-5-4-11(16)9-13(12)17/h4-7,9-10,18H,3,8H2,1-2H3. The third-order valence-corrected chi connectivity index (χ3v) is 4.80. The van der Waals surface area contributed by atoms with E-state index in [2.05, 4.69) is 31.3 Å². The SMILES string of the molecule is CCCNC(C)c1ccc(-c2ccc(Cl)cc2Cl)s1. The van der Waals surface area contributed by atoms with Crippen molar-refractivity contribution in [2.75, 3.05) is 6.54 Å². The molecule has 1 nitrogen and oxygen atoms in total. The average molecular weight is 314 g/mol. The highest BCUT2D eigenvalue weighted by Crippen LogP contribution is 2.36. The minimum Gasteiger partial charge on any atom is -0.309 e. The maximum Gasteiger partial charge on any atom is 0.0507 e. The van der Waals surface area contributed by atoms with Gasteiger partial charge in [0, 0.05) is 26.4 Å². The highest BCUT2D eigenvalue weighted by molar-refractivity contribution is 7.15. The predicted molar refractivity (Wildman–Crippen MR) is 86.5 cm³/mol. The fraction of sp³-hybridized carbons (Fsp3) is 0.333. The molecule has 4 heteroatoms. The second kappa shape index (κ2) is 6.76. The molecule has 0 spiro atoms. The summed E-state index contributed by atoms with van der Waals surface area (Å²) in [5.74, 6) is 0. The maximum absolute atomic E-state index is 6.24. The van der Waals surface area contributed by atoms with E-state index in [-0.39, 0.29) is 0 Å². The maximum atomic E-state index is 6.24. The third-order valence-electron chi connectivity index (χ3n) is 2.95. The van der Waals surface area contributed by atoms with E-state index in [4.69, 9.17) is 23.2 Å². The van der Waals surface area contributed by atoms with Crippen LogP contribution in [0.3, 0.4) is 0 Å². The first-order valence-electron chi connectivity index (χ1n) is 6.40. The van der Waals surface area contributed by atoms with E-state index < -0.39 is 0 Å². The molecule has 0 bridgehead atoms. The van der Waals surface area contributed by atoms with Gasteiger partial charge in [-0.1, -0.05) is 36.2 Å². The Bertz CT molecular complexity index is 551. The topological polar surface area (TPSA) is 12.0 Å². The van der Waals surface area contributed by atoms with E-state index >= 15 is 0 Å². The van der Waals surface area contributed by atoms with Crippen LogP contribution in [0.1, 0.15) is 31.2 Å². The zero-order valence-electron chi connectivity index (χ0n) is 11.0. The first kappa shape index (κ1) is 14.9. The molecule has 1 aromatic carbocycles. The molecule has 2 rings (SSSR count). The van der Waals surface area contributed by atoms with Crippen LogP contribution in [0.5, 0.6) is 0 Å². The Kier molecular flexibility index (Phi) is 5.28. The van der Waals surface area contributed by atoms with E-state index in [1.807, 2.05) is 12.1 Å². The smallest absolute Gasteiger partial charge is 0.0507 e. The van der Waals surface area contributed by atoms with Gasteiger partial charge in [0.15, 0.2) is 0 Å². The summed E-state index contributed by atoms with van der Waals surface area (Å²) in [4.78, 5) is 2.51. The highest BCUT2D eigenvalue weighted by atomic mass is 35.5. The van der Waals surface area contributed by atoms with Crippen molar-refractivity contribution < 1.29 is 0 Å². The Balaban J connectivity index is 2.20. The number of nitrogens with one attached hydrogen (secondary N) is 1. The van der Waals surface area contributed by atoms with Gasteiger partial charge in [0.1, 0.15) is 0 Å². The lowest BCUT2D eigenvalue weighted by atomic mass is 10.2. The molecule has 1 unspecified atom stereocenters. The molecule has 0 aliphatic heterocycles. The van der Waals surface area contributed by atoms with Gasteiger partial charge in [-0.25, -0.2) is 0 Å². The van der Waals surface area contributed by atoms with Crippen LogP contribution in [0.15, 0.2) is 30.3 Å². The minimum atomic E-state index is 0.379. The Morgan fingerprint density at radius 3 is 2.68 bits per heavy atom. The molecule has 0 fully saturated rings. The van der Waals surface area contributed by atoms with Gasteiger partial charge in [0.05, 0.1) is 5.02 Å². The zero-order valence-corrected chi connectivity index (χ0v) is 13.4. The predicted octanol–water partition coefficient (Wildman–Crippen LogP) is 5.78. The molecule has 1 heterocycles. The molecular weight excluding hydrogens is 297 g/mol. The van der Waals surface area contributed by atoms with Gasteiger partial charge in [0.25, 0.3) is 0 Å². The lowest BCUT2D eigenvalue weighted by Crippen LogP contribution is -2.18. The molecule has 2 aromatic rings. The third kappa shape index (κ3) is 3.73. The molecule has 1 aromatic heterocycles. The molecule has 0 aliphatic carbocycles. The van der Waals surface area contributed by atoms with Crippen LogP contribution in [0, 0.1) is 0 Å². The molecule has 19 heavy (non-hydrogen) atoms.